The molecule has 20 heavy (non-hydrogen) atoms. The molecule has 0 fully saturated rings. The lowest BCUT2D eigenvalue weighted by atomic mass is 10.3. The van der Waals surface area contributed by atoms with E-state index in [0.29, 0.717) is 11.5 Å². The average molecular weight is 271 g/mol. The molecule has 7 heteroatoms. The van der Waals surface area contributed by atoms with Crippen LogP contribution in [0.4, 0.5) is 10.1 Å². The molecule has 0 spiro atoms. The number of nitrogens with one attached hydrogen (secondary N) is 1. The number of carbonyl (C=O) groups is 1. The van der Waals surface area contributed by atoms with Crippen LogP contribution in [0.2, 0.25) is 0 Å². The molecule has 1 amide bonds. The summed E-state index contributed by atoms with van der Waals surface area (Å²) in [4.78, 5) is 20.0. The van der Waals surface area contributed by atoms with Crippen LogP contribution in [0, 0.1) is 12.7 Å². The molecule has 0 bridgehead atoms. The molecule has 0 aliphatic rings. The molecule has 1 N–H and O–H groups in total. The van der Waals surface area contributed by atoms with Crippen LogP contribution in [0.3, 0.4) is 0 Å². The van der Waals surface area contributed by atoms with Crippen molar-refractivity contribution in [2.75, 3.05) is 5.32 Å². The van der Waals surface area contributed by atoms with Crippen molar-refractivity contribution in [1.82, 2.24) is 19.6 Å². The van der Waals surface area contributed by atoms with Gasteiger partial charge in [0, 0.05) is 17.6 Å². The van der Waals surface area contributed by atoms with Crippen LogP contribution in [0.1, 0.15) is 16.3 Å². The van der Waals surface area contributed by atoms with E-state index in [1.807, 2.05) is 6.92 Å². The molecule has 0 aliphatic carbocycles. The minimum atomic E-state index is -0.513. The quantitative estimate of drug-likeness (QED) is 0.771. The molecule has 2 aromatic heterocycles. The van der Waals surface area contributed by atoms with E-state index < -0.39 is 11.7 Å². The summed E-state index contributed by atoms with van der Waals surface area (Å²) in [5, 5.41) is 6.60. The molecular weight excluding hydrogens is 261 g/mol. The minimum Gasteiger partial charge on any atom is -0.319 e. The van der Waals surface area contributed by atoms with Gasteiger partial charge in [0.2, 0.25) is 5.82 Å². The van der Waals surface area contributed by atoms with Crippen LogP contribution in [0.5, 0.6) is 0 Å². The molecule has 6 nitrogen and oxygen atoms in total. The maximum Gasteiger partial charge on any atom is 0.295 e. The Bertz CT molecular complexity index is 798. The van der Waals surface area contributed by atoms with Gasteiger partial charge in [-0.1, -0.05) is 6.07 Å². The predicted octanol–water partition coefficient (Wildman–Crippen LogP) is 1.82. The van der Waals surface area contributed by atoms with Gasteiger partial charge in [0.15, 0.2) is 0 Å². The molecule has 100 valence electrons. The van der Waals surface area contributed by atoms with Crippen molar-refractivity contribution in [3.8, 4) is 0 Å². The largest absolute Gasteiger partial charge is 0.319 e. The summed E-state index contributed by atoms with van der Waals surface area (Å²) in [6.45, 7) is 1.83. The average Bonchev–Trinajstić information content (AvgIpc) is 2.84. The number of benzene rings is 1. The molecule has 3 rings (SSSR count). The number of halogens is 1. The van der Waals surface area contributed by atoms with E-state index in [0.717, 1.165) is 5.69 Å². The summed E-state index contributed by atoms with van der Waals surface area (Å²) in [6, 6.07) is 7.37. The lowest BCUT2D eigenvalue weighted by Crippen LogP contribution is -2.14. The molecule has 2 heterocycles. The van der Waals surface area contributed by atoms with Gasteiger partial charge in [0.25, 0.3) is 11.7 Å². The normalized spacial score (nSPS) is 10.7. The maximum atomic E-state index is 13.0. The Labute approximate surface area is 113 Å². The SMILES string of the molecule is Cc1ccnc2nc(C(=O)Nc3cccc(F)c3)nn12. The zero-order chi connectivity index (χ0) is 14.1. The molecule has 0 aliphatic heterocycles. The highest BCUT2D eigenvalue weighted by Crippen LogP contribution is 2.10. The predicted molar refractivity (Wildman–Crippen MR) is 69.9 cm³/mol. The van der Waals surface area contributed by atoms with Gasteiger partial charge in [-0.05, 0) is 31.2 Å². The summed E-state index contributed by atoms with van der Waals surface area (Å²) < 4.78 is 14.5. The Balaban J connectivity index is 1.91. The topological polar surface area (TPSA) is 72.2 Å². The third-order valence-electron chi connectivity index (χ3n) is 2.72. The lowest BCUT2D eigenvalue weighted by molar-refractivity contribution is 0.101. The van der Waals surface area contributed by atoms with Gasteiger partial charge in [-0.25, -0.2) is 13.9 Å². The second-order valence-electron chi connectivity index (χ2n) is 4.20. The summed E-state index contributed by atoms with van der Waals surface area (Å²) in [6.07, 6.45) is 1.59. The molecule has 3 aromatic rings. The van der Waals surface area contributed by atoms with Gasteiger partial charge < -0.3 is 5.32 Å². The standard InChI is InChI=1S/C13H10FN5O/c1-8-5-6-15-13-17-11(18-19(8)13)12(20)16-10-4-2-3-9(14)7-10/h2-7H,1H3,(H,16,20). The monoisotopic (exact) mass is 271 g/mol. The second kappa shape index (κ2) is 4.69. The number of hydrogen-bond acceptors (Lipinski definition) is 4. The highest BCUT2D eigenvalue weighted by atomic mass is 19.1. The van der Waals surface area contributed by atoms with Crippen molar-refractivity contribution in [2.24, 2.45) is 0 Å². The Kier molecular flexibility index (Phi) is 2.86. The summed E-state index contributed by atoms with van der Waals surface area (Å²) >= 11 is 0. The summed E-state index contributed by atoms with van der Waals surface area (Å²) in [5.74, 6) is -0.616. The van der Waals surface area contributed by atoms with Gasteiger partial charge in [-0.2, -0.15) is 4.98 Å². The van der Waals surface area contributed by atoms with Crippen molar-refractivity contribution < 1.29 is 9.18 Å². The number of anilines is 1. The van der Waals surface area contributed by atoms with E-state index in [2.05, 4.69) is 20.4 Å². The van der Waals surface area contributed by atoms with Gasteiger partial charge >= 0.3 is 0 Å². The maximum absolute atomic E-state index is 13.0. The first-order valence-electron chi connectivity index (χ1n) is 5.89. The van der Waals surface area contributed by atoms with E-state index in [-0.39, 0.29) is 5.82 Å². The zero-order valence-corrected chi connectivity index (χ0v) is 10.5. The highest BCUT2D eigenvalue weighted by Gasteiger charge is 2.14. The smallest absolute Gasteiger partial charge is 0.295 e. The second-order valence-corrected chi connectivity index (χ2v) is 4.20. The Morgan fingerprint density at radius 1 is 1.35 bits per heavy atom. The van der Waals surface area contributed by atoms with Gasteiger partial charge in [0.1, 0.15) is 5.82 Å². The van der Waals surface area contributed by atoms with Crippen molar-refractivity contribution in [3.63, 3.8) is 0 Å². The molecule has 1 aromatic carbocycles. The van der Waals surface area contributed by atoms with Crippen molar-refractivity contribution in [1.29, 1.82) is 0 Å². The zero-order valence-electron chi connectivity index (χ0n) is 10.5. The van der Waals surface area contributed by atoms with E-state index in [1.165, 1.54) is 22.7 Å². The van der Waals surface area contributed by atoms with Crippen LogP contribution in [0.15, 0.2) is 36.5 Å². The Morgan fingerprint density at radius 2 is 2.20 bits per heavy atom. The highest BCUT2D eigenvalue weighted by molar-refractivity contribution is 6.01. The van der Waals surface area contributed by atoms with Gasteiger partial charge in [-0.15, -0.1) is 5.10 Å². The van der Waals surface area contributed by atoms with Crippen LogP contribution in [-0.4, -0.2) is 25.5 Å². The number of hydrogen-bond donors (Lipinski definition) is 1. The molecule has 0 unspecified atom stereocenters. The minimum absolute atomic E-state index is 0.0175. The Hall–Kier alpha value is -2.83. The van der Waals surface area contributed by atoms with Crippen LogP contribution < -0.4 is 5.32 Å². The first kappa shape index (κ1) is 12.2. The molecule has 0 saturated carbocycles. The molecule has 0 radical (unpaired) electrons. The number of aromatic nitrogens is 4. The van der Waals surface area contributed by atoms with E-state index in [9.17, 15) is 9.18 Å². The number of amides is 1. The third-order valence-corrected chi connectivity index (χ3v) is 2.72. The van der Waals surface area contributed by atoms with Crippen molar-refractivity contribution in [2.45, 2.75) is 6.92 Å². The number of carbonyl (C=O) groups excluding carboxylic acids is 1. The molecule has 0 saturated heterocycles. The summed E-state index contributed by atoms with van der Waals surface area (Å²) in [5.41, 5.74) is 1.16. The third kappa shape index (κ3) is 2.20. The fourth-order valence-corrected chi connectivity index (χ4v) is 1.76. The van der Waals surface area contributed by atoms with Crippen LogP contribution in [0.25, 0.3) is 5.78 Å². The van der Waals surface area contributed by atoms with Crippen LogP contribution in [-0.2, 0) is 0 Å². The fraction of sp³-hybridized carbons (Fsp3) is 0.0769. The number of nitrogens with zero attached hydrogens (tertiary/aromatic N) is 4. The van der Waals surface area contributed by atoms with Gasteiger partial charge in [0.05, 0.1) is 0 Å². The number of aryl methyl sites for hydroxylation is 1. The van der Waals surface area contributed by atoms with E-state index in [1.54, 1.807) is 18.3 Å². The van der Waals surface area contributed by atoms with Crippen molar-refractivity contribution in [3.05, 3.63) is 53.9 Å². The van der Waals surface area contributed by atoms with E-state index >= 15 is 0 Å². The van der Waals surface area contributed by atoms with Crippen molar-refractivity contribution >= 4 is 17.4 Å². The molecular formula is C13H10FN5O. The Morgan fingerprint density at radius 3 is 2.95 bits per heavy atom. The summed E-state index contributed by atoms with van der Waals surface area (Å²) in [7, 11) is 0. The van der Waals surface area contributed by atoms with E-state index in [4.69, 9.17) is 0 Å². The number of fused-ring (bicyclic) bond motifs is 1. The first-order chi connectivity index (χ1) is 9.63. The van der Waals surface area contributed by atoms with Crippen LogP contribution >= 0.6 is 0 Å². The first-order valence-corrected chi connectivity index (χ1v) is 5.89. The number of rotatable bonds is 2. The fourth-order valence-electron chi connectivity index (χ4n) is 1.76. The van der Waals surface area contributed by atoms with Gasteiger partial charge in [-0.3, -0.25) is 4.79 Å². The molecule has 0 atom stereocenters. The lowest BCUT2D eigenvalue weighted by Gasteiger charge is -2.01.